The number of benzene rings is 2. The summed E-state index contributed by atoms with van der Waals surface area (Å²) in [6.45, 7) is 4.34. The minimum Gasteiger partial charge on any atom is -0.484 e. The normalized spacial score (nSPS) is 10.7. The predicted molar refractivity (Wildman–Crippen MR) is 87.7 cm³/mol. The van der Waals surface area contributed by atoms with Gasteiger partial charge in [0, 0.05) is 10.0 Å². The molecule has 0 atom stereocenters. The van der Waals surface area contributed by atoms with E-state index in [0.717, 1.165) is 26.9 Å². The fourth-order valence-electron chi connectivity index (χ4n) is 2.19. The standard InChI is InChI=1S/C17H15BrN2O2/c1-11-7-12(2)9-15(8-11)21-10-16-19-17(20-22-16)13-3-5-14(18)6-4-13/h3-9H,10H2,1-2H3. The van der Waals surface area contributed by atoms with Crippen LogP contribution >= 0.6 is 15.9 Å². The largest absolute Gasteiger partial charge is 0.484 e. The van der Waals surface area contributed by atoms with E-state index in [1.807, 2.05) is 50.2 Å². The first kappa shape index (κ1) is 14.8. The van der Waals surface area contributed by atoms with Gasteiger partial charge in [-0.25, -0.2) is 0 Å². The van der Waals surface area contributed by atoms with Crippen molar-refractivity contribution in [1.82, 2.24) is 10.1 Å². The average Bonchev–Trinajstić information content (AvgIpc) is 2.94. The van der Waals surface area contributed by atoms with Crippen LogP contribution in [0.15, 0.2) is 51.5 Å². The third-order valence-corrected chi connectivity index (χ3v) is 3.66. The second kappa shape index (κ2) is 6.32. The molecule has 0 saturated carbocycles. The van der Waals surface area contributed by atoms with Gasteiger partial charge >= 0.3 is 0 Å². The Balaban J connectivity index is 1.70. The molecule has 0 N–H and O–H groups in total. The Morgan fingerprint density at radius 2 is 1.73 bits per heavy atom. The zero-order valence-electron chi connectivity index (χ0n) is 12.3. The van der Waals surface area contributed by atoms with Crippen molar-refractivity contribution in [3.63, 3.8) is 0 Å². The van der Waals surface area contributed by atoms with Crippen molar-refractivity contribution in [3.05, 3.63) is 64.0 Å². The minimum absolute atomic E-state index is 0.256. The van der Waals surface area contributed by atoms with E-state index in [9.17, 15) is 0 Å². The summed E-state index contributed by atoms with van der Waals surface area (Å²) in [7, 11) is 0. The molecule has 112 valence electrons. The molecular weight excluding hydrogens is 344 g/mol. The summed E-state index contributed by atoms with van der Waals surface area (Å²) >= 11 is 3.40. The molecule has 3 rings (SSSR count). The molecule has 3 aromatic rings. The maximum absolute atomic E-state index is 5.72. The molecule has 5 heteroatoms. The summed E-state index contributed by atoms with van der Waals surface area (Å²) < 4.78 is 12.0. The van der Waals surface area contributed by atoms with E-state index in [1.54, 1.807) is 0 Å². The third kappa shape index (κ3) is 3.54. The first-order valence-corrected chi connectivity index (χ1v) is 7.69. The lowest BCUT2D eigenvalue weighted by Crippen LogP contribution is -1.96. The molecular formula is C17H15BrN2O2. The average molecular weight is 359 g/mol. The highest BCUT2D eigenvalue weighted by molar-refractivity contribution is 9.10. The Morgan fingerprint density at radius 1 is 1.05 bits per heavy atom. The quantitative estimate of drug-likeness (QED) is 0.678. The highest BCUT2D eigenvalue weighted by Gasteiger charge is 2.09. The van der Waals surface area contributed by atoms with Crippen molar-refractivity contribution >= 4 is 15.9 Å². The summed E-state index contributed by atoms with van der Waals surface area (Å²) in [5.41, 5.74) is 3.23. The van der Waals surface area contributed by atoms with E-state index >= 15 is 0 Å². The zero-order chi connectivity index (χ0) is 15.5. The zero-order valence-corrected chi connectivity index (χ0v) is 13.9. The fourth-order valence-corrected chi connectivity index (χ4v) is 2.46. The van der Waals surface area contributed by atoms with Gasteiger partial charge in [0.1, 0.15) is 5.75 Å². The van der Waals surface area contributed by atoms with Crippen molar-refractivity contribution in [2.45, 2.75) is 20.5 Å². The van der Waals surface area contributed by atoms with Crippen molar-refractivity contribution in [2.24, 2.45) is 0 Å². The molecule has 4 nitrogen and oxygen atoms in total. The molecule has 0 aliphatic heterocycles. The Morgan fingerprint density at radius 3 is 2.41 bits per heavy atom. The number of aryl methyl sites for hydroxylation is 2. The topological polar surface area (TPSA) is 48.2 Å². The maximum Gasteiger partial charge on any atom is 0.264 e. The van der Waals surface area contributed by atoms with Crippen LogP contribution in [-0.4, -0.2) is 10.1 Å². The Kier molecular flexibility index (Phi) is 4.24. The van der Waals surface area contributed by atoms with Gasteiger partial charge < -0.3 is 9.26 Å². The molecule has 1 heterocycles. The first-order valence-electron chi connectivity index (χ1n) is 6.90. The summed E-state index contributed by atoms with van der Waals surface area (Å²) in [6.07, 6.45) is 0. The Bertz CT molecular complexity index is 761. The molecule has 0 unspecified atom stereocenters. The molecule has 0 saturated heterocycles. The van der Waals surface area contributed by atoms with Crippen LogP contribution in [0.1, 0.15) is 17.0 Å². The van der Waals surface area contributed by atoms with Crippen LogP contribution in [0, 0.1) is 13.8 Å². The molecule has 0 fully saturated rings. The summed E-state index contributed by atoms with van der Waals surface area (Å²) in [4.78, 5) is 4.35. The summed E-state index contributed by atoms with van der Waals surface area (Å²) in [6, 6.07) is 13.8. The highest BCUT2D eigenvalue weighted by atomic mass is 79.9. The van der Waals surface area contributed by atoms with Gasteiger partial charge in [0.15, 0.2) is 6.61 Å². The van der Waals surface area contributed by atoms with Gasteiger partial charge in [-0.1, -0.05) is 27.2 Å². The van der Waals surface area contributed by atoms with Crippen molar-refractivity contribution in [1.29, 1.82) is 0 Å². The SMILES string of the molecule is Cc1cc(C)cc(OCc2nc(-c3ccc(Br)cc3)no2)c1. The Hall–Kier alpha value is -2.14. The summed E-state index contributed by atoms with van der Waals surface area (Å²) in [5.74, 6) is 1.82. The van der Waals surface area contributed by atoms with E-state index in [0.29, 0.717) is 11.7 Å². The lowest BCUT2D eigenvalue weighted by molar-refractivity contribution is 0.242. The number of nitrogens with zero attached hydrogens (tertiary/aromatic N) is 2. The van der Waals surface area contributed by atoms with Crippen molar-refractivity contribution in [2.75, 3.05) is 0 Å². The van der Waals surface area contributed by atoms with Gasteiger partial charge in [0.2, 0.25) is 5.82 Å². The van der Waals surface area contributed by atoms with Gasteiger partial charge in [0.25, 0.3) is 5.89 Å². The number of hydrogen-bond acceptors (Lipinski definition) is 4. The molecule has 1 aromatic heterocycles. The molecule has 0 amide bonds. The number of aromatic nitrogens is 2. The van der Waals surface area contributed by atoms with E-state index in [-0.39, 0.29) is 6.61 Å². The molecule has 0 aliphatic carbocycles. The van der Waals surface area contributed by atoms with Gasteiger partial charge in [-0.2, -0.15) is 4.98 Å². The molecule has 0 bridgehead atoms. The highest BCUT2D eigenvalue weighted by Crippen LogP contribution is 2.20. The van der Waals surface area contributed by atoms with E-state index in [4.69, 9.17) is 9.26 Å². The lowest BCUT2D eigenvalue weighted by Gasteiger charge is -2.05. The minimum atomic E-state index is 0.256. The Labute approximate surface area is 137 Å². The van der Waals surface area contributed by atoms with Crippen LogP contribution < -0.4 is 4.74 Å². The molecule has 22 heavy (non-hydrogen) atoms. The molecule has 2 aromatic carbocycles. The van der Waals surface area contributed by atoms with E-state index in [2.05, 4.69) is 32.1 Å². The number of halogens is 1. The fraction of sp³-hybridized carbons (Fsp3) is 0.176. The second-order valence-corrected chi connectivity index (χ2v) is 6.05. The molecule has 0 radical (unpaired) electrons. The third-order valence-electron chi connectivity index (χ3n) is 3.13. The van der Waals surface area contributed by atoms with Crippen LogP contribution in [0.4, 0.5) is 0 Å². The summed E-state index contributed by atoms with van der Waals surface area (Å²) in [5, 5.41) is 3.98. The lowest BCUT2D eigenvalue weighted by atomic mass is 10.1. The molecule has 0 spiro atoms. The van der Waals surface area contributed by atoms with Gasteiger partial charge in [-0.15, -0.1) is 0 Å². The van der Waals surface area contributed by atoms with E-state index in [1.165, 1.54) is 0 Å². The monoisotopic (exact) mass is 358 g/mol. The number of hydrogen-bond donors (Lipinski definition) is 0. The first-order chi connectivity index (χ1) is 10.6. The smallest absolute Gasteiger partial charge is 0.264 e. The molecule has 0 aliphatic rings. The van der Waals surface area contributed by atoms with Crippen LogP contribution in [0.5, 0.6) is 5.75 Å². The van der Waals surface area contributed by atoms with Gasteiger partial charge in [-0.05, 0) is 61.4 Å². The van der Waals surface area contributed by atoms with Gasteiger partial charge in [0.05, 0.1) is 0 Å². The number of ether oxygens (including phenoxy) is 1. The van der Waals surface area contributed by atoms with Crippen molar-refractivity contribution in [3.8, 4) is 17.1 Å². The van der Waals surface area contributed by atoms with Gasteiger partial charge in [-0.3, -0.25) is 0 Å². The van der Waals surface area contributed by atoms with Crippen molar-refractivity contribution < 1.29 is 9.26 Å². The number of rotatable bonds is 4. The van der Waals surface area contributed by atoms with Crippen LogP contribution in [0.25, 0.3) is 11.4 Å². The maximum atomic E-state index is 5.72. The predicted octanol–water partition coefficient (Wildman–Crippen LogP) is 4.69. The second-order valence-electron chi connectivity index (χ2n) is 5.13. The van der Waals surface area contributed by atoms with Crippen LogP contribution in [0.3, 0.4) is 0 Å². The van der Waals surface area contributed by atoms with Crippen LogP contribution in [-0.2, 0) is 6.61 Å². The van der Waals surface area contributed by atoms with Crippen LogP contribution in [0.2, 0.25) is 0 Å². The van der Waals surface area contributed by atoms with E-state index < -0.39 is 0 Å².